The van der Waals surface area contributed by atoms with Crippen molar-refractivity contribution in [1.82, 2.24) is 5.32 Å². The van der Waals surface area contributed by atoms with Crippen LogP contribution >= 0.6 is 0 Å². The summed E-state index contributed by atoms with van der Waals surface area (Å²) in [5, 5.41) is 13.6. The zero-order valence-corrected chi connectivity index (χ0v) is 11.0. The molecule has 0 radical (unpaired) electrons. The van der Waals surface area contributed by atoms with Gasteiger partial charge < -0.3 is 10.4 Å². The maximum atomic E-state index is 11.2. The Morgan fingerprint density at radius 3 is 2.59 bits per heavy atom. The number of hydrogen-bond donors (Lipinski definition) is 2. The van der Waals surface area contributed by atoms with Crippen LogP contribution in [0.3, 0.4) is 0 Å². The second-order valence-electron chi connectivity index (χ2n) is 6.45. The SMILES string of the molecule is C=CC(=O)NC[C@@]1(O)C[C@H]2CC[C@]1(C)C2(C)C. The molecule has 0 aromatic carbocycles. The first kappa shape index (κ1) is 12.6. The minimum Gasteiger partial charge on any atom is -0.387 e. The number of aliphatic hydroxyl groups is 1. The fourth-order valence-corrected chi connectivity index (χ4v) is 3.99. The molecule has 2 aliphatic rings. The maximum absolute atomic E-state index is 11.2. The van der Waals surface area contributed by atoms with Gasteiger partial charge in [0.1, 0.15) is 0 Å². The van der Waals surface area contributed by atoms with E-state index in [-0.39, 0.29) is 16.7 Å². The molecule has 2 saturated carbocycles. The Morgan fingerprint density at radius 2 is 2.18 bits per heavy atom. The number of carbonyl (C=O) groups is 1. The molecule has 0 aromatic heterocycles. The summed E-state index contributed by atoms with van der Waals surface area (Å²) in [5.74, 6) is 0.362. The molecule has 0 spiro atoms. The molecule has 0 unspecified atom stereocenters. The molecule has 2 bridgehead atoms. The van der Waals surface area contributed by atoms with E-state index in [9.17, 15) is 9.90 Å². The minimum atomic E-state index is -0.766. The molecule has 0 aromatic rings. The predicted octanol–water partition coefficient (Wildman–Crippen LogP) is 1.87. The molecule has 2 N–H and O–H groups in total. The number of fused-ring (bicyclic) bond motifs is 2. The molecule has 0 heterocycles. The van der Waals surface area contributed by atoms with Crippen LogP contribution in [0.2, 0.25) is 0 Å². The van der Waals surface area contributed by atoms with Gasteiger partial charge >= 0.3 is 0 Å². The van der Waals surface area contributed by atoms with Crippen molar-refractivity contribution in [3.63, 3.8) is 0 Å². The first-order valence-corrected chi connectivity index (χ1v) is 6.39. The lowest BCUT2D eigenvalue weighted by Crippen LogP contribution is -2.54. The highest BCUT2D eigenvalue weighted by molar-refractivity contribution is 5.86. The second-order valence-corrected chi connectivity index (χ2v) is 6.45. The predicted molar refractivity (Wildman–Crippen MR) is 67.4 cm³/mol. The lowest BCUT2D eigenvalue weighted by Gasteiger charge is -2.45. The van der Waals surface area contributed by atoms with Gasteiger partial charge in [0.15, 0.2) is 0 Å². The summed E-state index contributed by atoms with van der Waals surface area (Å²) in [6.07, 6.45) is 4.30. The summed E-state index contributed by atoms with van der Waals surface area (Å²) < 4.78 is 0. The molecule has 3 atom stereocenters. The van der Waals surface area contributed by atoms with Gasteiger partial charge in [0, 0.05) is 12.0 Å². The van der Waals surface area contributed by atoms with E-state index in [0.717, 1.165) is 12.8 Å². The Hall–Kier alpha value is -0.830. The highest BCUT2D eigenvalue weighted by atomic mass is 16.3. The van der Waals surface area contributed by atoms with Crippen LogP contribution in [0.15, 0.2) is 12.7 Å². The lowest BCUT2D eigenvalue weighted by atomic mass is 9.64. The van der Waals surface area contributed by atoms with Crippen molar-refractivity contribution >= 4 is 5.91 Å². The molecule has 0 saturated heterocycles. The van der Waals surface area contributed by atoms with E-state index in [2.05, 4.69) is 32.7 Å². The largest absolute Gasteiger partial charge is 0.387 e. The van der Waals surface area contributed by atoms with Crippen LogP contribution in [0.25, 0.3) is 0 Å². The number of hydrogen-bond acceptors (Lipinski definition) is 2. The van der Waals surface area contributed by atoms with Crippen molar-refractivity contribution in [1.29, 1.82) is 0 Å². The van der Waals surface area contributed by atoms with Crippen molar-refractivity contribution in [3.8, 4) is 0 Å². The Kier molecular flexibility index (Phi) is 2.66. The molecular formula is C14H23NO2. The summed E-state index contributed by atoms with van der Waals surface area (Å²) in [7, 11) is 0. The van der Waals surface area contributed by atoms with Gasteiger partial charge in [-0.25, -0.2) is 0 Å². The van der Waals surface area contributed by atoms with Gasteiger partial charge in [0.25, 0.3) is 0 Å². The van der Waals surface area contributed by atoms with Crippen LogP contribution in [-0.2, 0) is 4.79 Å². The van der Waals surface area contributed by atoms with Crippen LogP contribution in [0.5, 0.6) is 0 Å². The Labute approximate surface area is 103 Å². The van der Waals surface area contributed by atoms with E-state index in [1.807, 2.05) is 0 Å². The summed E-state index contributed by atoms with van der Waals surface area (Å²) in [5.41, 5.74) is -0.710. The highest BCUT2D eigenvalue weighted by Crippen LogP contribution is 2.69. The zero-order valence-electron chi connectivity index (χ0n) is 11.0. The molecule has 96 valence electrons. The molecule has 1 amide bonds. The van der Waals surface area contributed by atoms with Gasteiger partial charge in [-0.2, -0.15) is 0 Å². The van der Waals surface area contributed by atoms with E-state index < -0.39 is 5.60 Å². The molecule has 2 aliphatic carbocycles. The van der Waals surface area contributed by atoms with E-state index in [1.165, 1.54) is 12.5 Å². The quantitative estimate of drug-likeness (QED) is 0.736. The number of nitrogens with one attached hydrogen (secondary N) is 1. The van der Waals surface area contributed by atoms with E-state index in [1.54, 1.807) is 0 Å². The third-order valence-corrected chi connectivity index (χ3v) is 5.79. The Morgan fingerprint density at radius 1 is 1.53 bits per heavy atom. The molecule has 3 heteroatoms. The topological polar surface area (TPSA) is 49.3 Å². The van der Waals surface area contributed by atoms with Crippen molar-refractivity contribution < 1.29 is 9.90 Å². The summed E-state index contributed by atoms with van der Waals surface area (Å²) in [4.78, 5) is 11.2. The summed E-state index contributed by atoms with van der Waals surface area (Å²) in [6.45, 7) is 10.4. The average Bonchev–Trinajstić information content (AvgIpc) is 2.58. The Balaban J connectivity index is 2.18. The molecular weight excluding hydrogens is 214 g/mol. The second kappa shape index (κ2) is 3.58. The fourth-order valence-electron chi connectivity index (χ4n) is 3.99. The van der Waals surface area contributed by atoms with Gasteiger partial charge in [-0.1, -0.05) is 27.4 Å². The number of rotatable bonds is 3. The normalized spacial score (nSPS) is 42.5. The van der Waals surface area contributed by atoms with Gasteiger partial charge in [0.2, 0.25) is 5.91 Å². The summed E-state index contributed by atoms with van der Waals surface area (Å²) in [6, 6.07) is 0. The van der Waals surface area contributed by atoms with E-state index in [4.69, 9.17) is 0 Å². The third kappa shape index (κ3) is 1.48. The number of amides is 1. The van der Waals surface area contributed by atoms with Crippen molar-refractivity contribution in [2.75, 3.05) is 6.54 Å². The van der Waals surface area contributed by atoms with Gasteiger partial charge in [-0.15, -0.1) is 0 Å². The van der Waals surface area contributed by atoms with E-state index >= 15 is 0 Å². The molecule has 17 heavy (non-hydrogen) atoms. The van der Waals surface area contributed by atoms with Gasteiger partial charge in [-0.3, -0.25) is 4.79 Å². The maximum Gasteiger partial charge on any atom is 0.243 e. The standard InChI is InChI=1S/C14H23NO2/c1-5-11(16)15-9-14(17)8-10-6-7-13(14,4)12(10,2)3/h5,10,17H,1,6-9H2,2-4H3,(H,15,16)/t10-,13-,14+/m1/s1. The molecule has 3 nitrogen and oxygen atoms in total. The van der Waals surface area contributed by atoms with E-state index in [0.29, 0.717) is 12.5 Å². The van der Waals surface area contributed by atoms with Gasteiger partial charge in [0.05, 0.1) is 5.60 Å². The fraction of sp³-hybridized carbons (Fsp3) is 0.786. The van der Waals surface area contributed by atoms with Crippen LogP contribution in [-0.4, -0.2) is 23.2 Å². The zero-order chi connectivity index (χ0) is 12.9. The molecule has 2 rings (SSSR count). The van der Waals surface area contributed by atoms with Crippen LogP contribution in [0.4, 0.5) is 0 Å². The van der Waals surface area contributed by atoms with Gasteiger partial charge in [-0.05, 0) is 36.7 Å². The van der Waals surface area contributed by atoms with Crippen LogP contribution in [0, 0.1) is 16.7 Å². The lowest BCUT2D eigenvalue weighted by molar-refractivity contribution is -0.122. The molecule has 2 fully saturated rings. The summed E-state index contributed by atoms with van der Waals surface area (Å²) >= 11 is 0. The number of carbonyl (C=O) groups excluding carboxylic acids is 1. The highest BCUT2D eigenvalue weighted by Gasteiger charge is 2.68. The first-order valence-electron chi connectivity index (χ1n) is 6.39. The van der Waals surface area contributed by atoms with Crippen molar-refractivity contribution in [2.45, 2.75) is 45.6 Å². The third-order valence-electron chi connectivity index (χ3n) is 5.79. The van der Waals surface area contributed by atoms with Crippen molar-refractivity contribution in [3.05, 3.63) is 12.7 Å². The minimum absolute atomic E-state index is 0.0981. The first-order chi connectivity index (χ1) is 7.77. The van der Waals surface area contributed by atoms with Crippen LogP contribution < -0.4 is 5.32 Å². The monoisotopic (exact) mass is 237 g/mol. The molecule has 0 aliphatic heterocycles. The average molecular weight is 237 g/mol. The van der Waals surface area contributed by atoms with Crippen LogP contribution in [0.1, 0.15) is 40.0 Å². The Bertz CT molecular complexity index is 363. The van der Waals surface area contributed by atoms with Crippen molar-refractivity contribution in [2.24, 2.45) is 16.7 Å². The smallest absolute Gasteiger partial charge is 0.243 e.